The normalized spacial score (nSPS) is 7.75. The van der Waals surface area contributed by atoms with Crippen LogP contribution in [0, 0.1) is 11.3 Å². The molecule has 0 aromatic heterocycles. The van der Waals surface area contributed by atoms with Gasteiger partial charge in [-0.05, 0) is 14.1 Å². The largest absolute Gasteiger partial charge is 0.308 e. The lowest BCUT2D eigenvalue weighted by atomic mass is 10.4. The fraction of sp³-hybridized carbons (Fsp3) is 0.800. The summed E-state index contributed by atoms with van der Waals surface area (Å²) < 4.78 is 0. The maximum atomic E-state index is 8.04. The van der Waals surface area contributed by atoms with E-state index >= 15 is 0 Å². The summed E-state index contributed by atoms with van der Waals surface area (Å²) in [5.41, 5.74) is 0. The lowest BCUT2D eigenvalue weighted by Crippen LogP contribution is -2.11. The Morgan fingerprint density at radius 3 is 2.12 bits per heavy atom. The van der Waals surface area contributed by atoms with Crippen LogP contribution in [0.3, 0.4) is 0 Å². The van der Waals surface area contributed by atoms with Crippen molar-refractivity contribution < 1.29 is 0 Å². The van der Waals surface area contributed by atoms with Crippen molar-refractivity contribution in [3.8, 4) is 6.07 Å². The van der Waals surface area contributed by atoms with E-state index in [1.54, 1.807) is 0 Å². The Morgan fingerprint density at radius 1 is 1.50 bits per heavy atom. The summed E-state index contributed by atoms with van der Waals surface area (Å²) in [6.45, 7) is 0.872. The third-order valence-electron chi connectivity index (χ3n) is 0.671. The molecule has 0 fully saturated rings. The molecular weight excluding hydrogens is 168 g/mol. The highest BCUT2D eigenvalue weighted by Crippen LogP contribution is 1.76. The average Bonchev–Trinajstić information content (AvgIpc) is 1.61. The molecule has 0 atom stereocenters. The molecule has 0 N–H and O–H groups in total. The van der Waals surface area contributed by atoms with Gasteiger partial charge in [-0.1, -0.05) is 0 Å². The highest BCUT2D eigenvalue weighted by atomic mass is 79.9. The molecule has 2 nitrogen and oxygen atoms in total. The van der Waals surface area contributed by atoms with E-state index in [4.69, 9.17) is 5.26 Å². The minimum absolute atomic E-state index is 0. The number of halogens is 1. The summed E-state index contributed by atoms with van der Waals surface area (Å²) in [6, 6.07) is 2.06. The zero-order valence-corrected chi connectivity index (χ0v) is 6.93. The van der Waals surface area contributed by atoms with Crippen LogP contribution in [0.15, 0.2) is 0 Å². The van der Waals surface area contributed by atoms with Crippen LogP contribution in [0.4, 0.5) is 0 Å². The number of hydrogen-bond donors (Lipinski definition) is 0. The van der Waals surface area contributed by atoms with Crippen molar-refractivity contribution in [2.45, 2.75) is 6.42 Å². The van der Waals surface area contributed by atoms with E-state index in [0.717, 1.165) is 6.54 Å². The Labute approximate surface area is 60.9 Å². The second-order valence-corrected chi connectivity index (χ2v) is 1.71. The Bertz CT molecular complexity index is 75.0. The summed E-state index contributed by atoms with van der Waals surface area (Å²) >= 11 is 0. The van der Waals surface area contributed by atoms with Crippen molar-refractivity contribution >= 4 is 17.0 Å². The number of nitriles is 1. The standard InChI is InChI=1S/C5H10N2.BrH/c1-7(2)5-3-4-6;/h3,5H2,1-2H3;1H. The minimum atomic E-state index is 0. The molecule has 3 heteroatoms. The molecule has 0 saturated carbocycles. The quantitative estimate of drug-likeness (QED) is 0.633. The predicted octanol–water partition coefficient (Wildman–Crippen LogP) is 1.04. The van der Waals surface area contributed by atoms with Crippen LogP contribution in [0.5, 0.6) is 0 Å². The van der Waals surface area contributed by atoms with Crippen molar-refractivity contribution in [3.05, 3.63) is 0 Å². The van der Waals surface area contributed by atoms with Gasteiger partial charge in [-0.15, -0.1) is 17.0 Å². The minimum Gasteiger partial charge on any atom is -0.308 e. The van der Waals surface area contributed by atoms with Crippen LogP contribution in [-0.4, -0.2) is 25.5 Å². The van der Waals surface area contributed by atoms with Gasteiger partial charge in [0, 0.05) is 13.0 Å². The van der Waals surface area contributed by atoms with Gasteiger partial charge in [0.05, 0.1) is 6.07 Å². The van der Waals surface area contributed by atoms with Crippen LogP contribution in [0.2, 0.25) is 0 Å². The maximum Gasteiger partial charge on any atom is 0.0635 e. The third-order valence-corrected chi connectivity index (χ3v) is 0.671. The predicted molar refractivity (Wildman–Crippen MR) is 39.1 cm³/mol. The van der Waals surface area contributed by atoms with Gasteiger partial charge in [-0.3, -0.25) is 0 Å². The number of rotatable bonds is 2. The third kappa shape index (κ3) is 9.33. The Hall–Kier alpha value is -0.0700. The topological polar surface area (TPSA) is 27.0 Å². The summed E-state index contributed by atoms with van der Waals surface area (Å²) in [7, 11) is 3.91. The first-order chi connectivity index (χ1) is 3.27. The second kappa shape index (κ2) is 6.93. The van der Waals surface area contributed by atoms with E-state index in [2.05, 4.69) is 6.07 Å². The molecule has 0 aliphatic carbocycles. The number of hydrogen-bond acceptors (Lipinski definition) is 2. The first-order valence-corrected chi connectivity index (χ1v) is 2.29. The first kappa shape index (κ1) is 10.8. The molecule has 0 spiro atoms. The molecular formula is C5H11BrN2. The van der Waals surface area contributed by atoms with Crippen molar-refractivity contribution in [1.29, 1.82) is 5.26 Å². The van der Waals surface area contributed by atoms with Crippen molar-refractivity contribution in [2.24, 2.45) is 0 Å². The van der Waals surface area contributed by atoms with Gasteiger partial charge in [-0.25, -0.2) is 0 Å². The van der Waals surface area contributed by atoms with Crippen molar-refractivity contribution in [1.82, 2.24) is 4.90 Å². The van der Waals surface area contributed by atoms with Crippen LogP contribution in [-0.2, 0) is 0 Å². The molecule has 0 aliphatic rings. The van der Waals surface area contributed by atoms with Crippen LogP contribution in [0.1, 0.15) is 6.42 Å². The van der Waals surface area contributed by atoms with Gasteiger partial charge in [0.15, 0.2) is 0 Å². The zero-order chi connectivity index (χ0) is 5.70. The first-order valence-electron chi connectivity index (χ1n) is 2.29. The highest BCUT2D eigenvalue weighted by Gasteiger charge is 1.83. The van der Waals surface area contributed by atoms with Gasteiger partial charge in [-0.2, -0.15) is 5.26 Å². The molecule has 48 valence electrons. The highest BCUT2D eigenvalue weighted by molar-refractivity contribution is 8.93. The van der Waals surface area contributed by atoms with E-state index in [1.807, 2.05) is 19.0 Å². The molecule has 0 heterocycles. The van der Waals surface area contributed by atoms with Gasteiger partial charge < -0.3 is 4.90 Å². The summed E-state index contributed by atoms with van der Waals surface area (Å²) in [5, 5.41) is 8.04. The average molecular weight is 179 g/mol. The lowest BCUT2D eigenvalue weighted by molar-refractivity contribution is 0.419. The van der Waals surface area contributed by atoms with Crippen molar-refractivity contribution in [2.75, 3.05) is 20.6 Å². The SMILES string of the molecule is Br.CN(C)CCC#N. The fourth-order valence-electron chi connectivity index (χ4n) is 0.274. The second-order valence-electron chi connectivity index (χ2n) is 1.71. The molecule has 0 saturated heterocycles. The van der Waals surface area contributed by atoms with Gasteiger partial charge >= 0.3 is 0 Å². The van der Waals surface area contributed by atoms with E-state index in [0.29, 0.717) is 6.42 Å². The Morgan fingerprint density at radius 2 is 2.00 bits per heavy atom. The van der Waals surface area contributed by atoms with E-state index in [1.165, 1.54) is 0 Å². The maximum absolute atomic E-state index is 8.04. The van der Waals surface area contributed by atoms with E-state index < -0.39 is 0 Å². The summed E-state index contributed by atoms with van der Waals surface area (Å²) in [5.74, 6) is 0. The lowest BCUT2D eigenvalue weighted by Gasteiger charge is -2.02. The van der Waals surface area contributed by atoms with Crippen molar-refractivity contribution in [3.63, 3.8) is 0 Å². The van der Waals surface area contributed by atoms with Gasteiger partial charge in [0.25, 0.3) is 0 Å². The van der Waals surface area contributed by atoms with Crippen LogP contribution < -0.4 is 0 Å². The van der Waals surface area contributed by atoms with Crippen LogP contribution >= 0.6 is 17.0 Å². The molecule has 0 bridgehead atoms. The molecule has 0 amide bonds. The molecule has 0 aromatic rings. The summed E-state index contributed by atoms with van der Waals surface area (Å²) in [4.78, 5) is 1.99. The van der Waals surface area contributed by atoms with Gasteiger partial charge in [0.1, 0.15) is 0 Å². The smallest absolute Gasteiger partial charge is 0.0635 e. The molecule has 0 rings (SSSR count). The van der Waals surface area contributed by atoms with E-state index in [9.17, 15) is 0 Å². The zero-order valence-electron chi connectivity index (χ0n) is 5.22. The monoisotopic (exact) mass is 178 g/mol. The molecule has 8 heavy (non-hydrogen) atoms. The summed E-state index contributed by atoms with van der Waals surface area (Å²) in [6.07, 6.45) is 0.632. The van der Waals surface area contributed by atoms with Gasteiger partial charge in [0.2, 0.25) is 0 Å². The molecule has 0 unspecified atom stereocenters. The van der Waals surface area contributed by atoms with Crippen LogP contribution in [0.25, 0.3) is 0 Å². The fourth-order valence-corrected chi connectivity index (χ4v) is 0.274. The molecule has 0 aliphatic heterocycles. The Balaban J connectivity index is 0. The van der Waals surface area contributed by atoms with E-state index in [-0.39, 0.29) is 17.0 Å². The molecule has 0 aromatic carbocycles. The Kier molecular flexibility index (Phi) is 9.38. The molecule has 0 radical (unpaired) electrons. The number of nitrogens with zero attached hydrogens (tertiary/aromatic N) is 2.